The first-order valence-corrected chi connectivity index (χ1v) is 5.29. The third kappa shape index (κ3) is 2.81. The van der Waals surface area contributed by atoms with Gasteiger partial charge in [0.25, 0.3) is 0 Å². The molecule has 0 radical (unpaired) electrons. The topological polar surface area (TPSA) is 68.0 Å². The first-order chi connectivity index (χ1) is 8.27. The van der Waals surface area contributed by atoms with Gasteiger partial charge in [-0.25, -0.2) is 0 Å². The Morgan fingerprint density at radius 1 is 1.18 bits per heavy atom. The van der Waals surface area contributed by atoms with Crippen molar-refractivity contribution in [2.75, 3.05) is 5.32 Å². The highest BCUT2D eigenvalue weighted by atomic mass is 16.1. The normalized spacial score (nSPS) is 9.88. The van der Waals surface area contributed by atoms with E-state index in [-0.39, 0.29) is 0 Å². The number of aromatic nitrogens is 1. The molecular formula is C13H13N3O. The van der Waals surface area contributed by atoms with Crippen LogP contribution in [0, 0.1) is 0 Å². The zero-order valence-corrected chi connectivity index (χ0v) is 9.26. The molecule has 0 atom stereocenters. The lowest BCUT2D eigenvalue weighted by atomic mass is 10.1. The standard InChI is InChI=1S/C13H13N3O/c14-13(17)12-4-2-1-3-10(12)9-16-11-5-7-15-8-6-11/h1-8H,9H2,(H2,14,17)(H,15,16). The second-order valence-corrected chi connectivity index (χ2v) is 3.61. The van der Waals surface area contributed by atoms with E-state index in [1.165, 1.54) is 0 Å². The van der Waals surface area contributed by atoms with Gasteiger partial charge in [-0.05, 0) is 23.8 Å². The summed E-state index contributed by atoms with van der Waals surface area (Å²) in [5, 5.41) is 3.21. The van der Waals surface area contributed by atoms with E-state index >= 15 is 0 Å². The molecule has 2 rings (SSSR count). The highest BCUT2D eigenvalue weighted by molar-refractivity contribution is 5.94. The molecule has 0 aliphatic rings. The van der Waals surface area contributed by atoms with Crippen molar-refractivity contribution in [3.63, 3.8) is 0 Å². The molecule has 0 saturated heterocycles. The van der Waals surface area contributed by atoms with Gasteiger partial charge in [0.05, 0.1) is 0 Å². The number of carbonyl (C=O) groups is 1. The van der Waals surface area contributed by atoms with Crippen molar-refractivity contribution in [2.24, 2.45) is 5.73 Å². The third-order valence-corrected chi connectivity index (χ3v) is 2.45. The number of hydrogen-bond acceptors (Lipinski definition) is 3. The molecule has 0 fully saturated rings. The molecule has 3 N–H and O–H groups in total. The largest absolute Gasteiger partial charge is 0.381 e. The van der Waals surface area contributed by atoms with Crippen LogP contribution in [0.15, 0.2) is 48.8 Å². The maximum Gasteiger partial charge on any atom is 0.249 e. The van der Waals surface area contributed by atoms with Gasteiger partial charge in [0, 0.05) is 30.2 Å². The van der Waals surface area contributed by atoms with Gasteiger partial charge in [0.1, 0.15) is 0 Å². The molecule has 0 saturated carbocycles. The summed E-state index contributed by atoms with van der Waals surface area (Å²) >= 11 is 0. The first-order valence-electron chi connectivity index (χ1n) is 5.29. The number of pyridine rings is 1. The number of rotatable bonds is 4. The van der Waals surface area contributed by atoms with E-state index in [9.17, 15) is 4.79 Å². The summed E-state index contributed by atoms with van der Waals surface area (Å²) in [6.45, 7) is 0.559. The van der Waals surface area contributed by atoms with Gasteiger partial charge >= 0.3 is 0 Å². The molecule has 2 aromatic rings. The summed E-state index contributed by atoms with van der Waals surface area (Å²) in [5.74, 6) is -0.405. The van der Waals surface area contributed by atoms with E-state index in [2.05, 4.69) is 10.3 Å². The number of anilines is 1. The predicted molar refractivity (Wildman–Crippen MR) is 66.5 cm³/mol. The maximum atomic E-state index is 11.2. The Balaban J connectivity index is 2.12. The van der Waals surface area contributed by atoms with Crippen LogP contribution in [0.3, 0.4) is 0 Å². The van der Waals surface area contributed by atoms with Crippen molar-refractivity contribution < 1.29 is 4.79 Å². The van der Waals surface area contributed by atoms with Crippen molar-refractivity contribution in [1.82, 2.24) is 4.98 Å². The van der Waals surface area contributed by atoms with Gasteiger partial charge in [0.15, 0.2) is 0 Å². The Morgan fingerprint density at radius 3 is 2.59 bits per heavy atom. The van der Waals surface area contributed by atoms with Gasteiger partial charge in [-0.1, -0.05) is 18.2 Å². The smallest absolute Gasteiger partial charge is 0.249 e. The molecule has 0 aliphatic carbocycles. The van der Waals surface area contributed by atoms with Crippen molar-refractivity contribution in [3.05, 3.63) is 59.9 Å². The molecular weight excluding hydrogens is 214 g/mol. The number of nitrogens with two attached hydrogens (primary N) is 1. The highest BCUT2D eigenvalue weighted by Crippen LogP contribution is 2.11. The van der Waals surface area contributed by atoms with Crippen LogP contribution in [-0.4, -0.2) is 10.9 Å². The lowest BCUT2D eigenvalue weighted by Crippen LogP contribution is -2.15. The van der Waals surface area contributed by atoms with Gasteiger partial charge in [0.2, 0.25) is 5.91 Å². The van der Waals surface area contributed by atoms with Crippen LogP contribution in [-0.2, 0) is 6.54 Å². The monoisotopic (exact) mass is 227 g/mol. The van der Waals surface area contributed by atoms with E-state index in [1.807, 2.05) is 24.3 Å². The van der Waals surface area contributed by atoms with E-state index < -0.39 is 5.91 Å². The SMILES string of the molecule is NC(=O)c1ccccc1CNc1ccncc1. The van der Waals surface area contributed by atoms with Crippen LogP contribution >= 0.6 is 0 Å². The zero-order chi connectivity index (χ0) is 12.1. The first kappa shape index (κ1) is 11.1. The van der Waals surface area contributed by atoms with Gasteiger partial charge in [-0.3, -0.25) is 9.78 Å². The highest BCUT2D eigenvalue weighted by Gasteiger charge is 2.06. The number of hydrogen-bond donors (Lipinski definition) is 2. The minimum absolute atomic E-state index is 0.405. The van der Waals surface area contributed by atoms with Crippen LogP contribution in [0.2, 0.25) is 0 Å². The number of benzene rings is 1. The Morgan fingerprint density at radius 2 is 1.88 bits per heavy atom. The van der Waals surface area contributed by atoms with Crippen molar-refractivity contribution in [1.29, 1.82) is 0 Å². The number of primary amides is 1. The van der Waals surface area contributed by atoms with Crippen molar-refractivity contribution in [3.8, 4) is 0 Å². The minimum atomic E-state index is -0.405. The van der Waals surface area contributed by atoms with Gasteiger partial charge < -0.3 is 11.1 Å². The molecule has 17 heavy (non-hydrogen) atoms. The van der Waals surface area contributed by atoms with Crippen molar-refractivity contribution >= 4 is 11.6 Å². The quantitative estimate of drug-likeness (QED) is 0.836. The second kappa shape index (κ2) is 5.12. The molecule has 0 unspecified atom stereocenters. The van der Waals surface area contributed by atoms with Crippen LogP contribution in [0.25, 0.3) is 0 Å². The fourth-order valence-electron chi connectivity index (χ4n) is 1.58. The number of amides is 1. The van der Waals surface area contributed by atoms with Gasteiger partial charge in [-0.15, -0.1) is 0 Å². The summed E-state index contributed by atoms with van der Waals surface area (Å²) in [4.78, 5) is 15.1. The summed E-state index contributed by atoms with van der Waals surface area (Å²) in [7, 11) is 0. The Bertz CT molecular complexity index is 511. The number of nitrogens with one attached hydrogen (secondary N) is 1. The third-order valence-electron chi connectivity index (χ3n) is 2.45. The minimum Gasteiger partial charge on any atom is -0.381 e. The second-order valence-electron chi connectivity index (χ2n) is 3.61. The molecule has 4 nitrogen and oxygen atoms in total. The van der Waals surface area contributed by atoms with Crippen LogP contribution in [0.4, 0.5) is 5.69 Å². The van der Waals surface area contributed by atoms with Crippen LogP contribution in [0.5, 0.6) is 0 Å². The fourth-order valence-corrected chi connectivity index (χ4v) is 1.58. The van der Waals surface area contributed by atoms with Crippen LogP contribution < -0.4 is 11.1 Å². The molecule has 0 aliphatic heterocycles. The summed E-state index contributed by atoms with van der Waals surface area (Å²) in [6.07, 6.45) is 3.42. The van der Waals surface area contributed by atoms with E-state index in [0.717, 1.165) is 11.3 Å². The molecule has 4 heteroatoms. The molecule has 1 aromatic carbocycles. The van der Waals surface area contributed by atoms with Crippen LogP contribution in [0.1, 0.15) is 15.9 Å². The van der Waals surface area contributed by atoms with Gasteiger partial charge in [-0.2, -0.15) is 0 Å². The number of carbonyl (C=O) groups excluding carboxylic acids is 1. The van der Waals surface area contributed by atoms with E-state index in [4.69, 9.17) is 5.73 Å². The Hall–Kier alpha value is -2.36. The molecule has 0 spiro atoms. The Kier molecular flexibility index (Phi) is 3.35. The summed E-state index contributed by atoms with van der Waals surface area (Å²) in [6, 6.07) is 11.0. The lowest BCUT2D eigenvalue weighted by molar-refractivity contribution is 0.0999. The maximum absolute atomic E-state index is 11.2. The molecule has 1 aromatic heterocycles. The molecule has 1 heterocycles. The molecule has 86 valence electrons. The summed E-state index contributed by atoms with van der Waals surface area (Å²) in [5.41, 5.74) is 7.70. The fraction of sp³-hybridized carbons (Fsp3) is 0.0769. The molecule has 0 bridgehead atoms. The average Bonchev–Trinajstić information content (AvgIpc) is 2.38. The van der Waals surface area contributed by atoms with E-state index in [1.54, 1.807) is 24.5 Å². The Labute approximate surface area is 99.5 Å². The predicted octanol–water partition coefficient (Wildman–Crippen LogP) is 1.79. The van der Waals surface area contributed by atoms with Crippen molar-refractivity contribution in [2.45, 2.75) is 6.54 Å². The average molecular weight is 227 g/mol. The lowest BCUT2D eigenvalue weighted by Gasteiger charge is -2.08. The number of nitrogens with zero attached hydrogens (tertiary/aromatic N) is 1. The molecule has 1 amide bonds. The zero-order valence-electron chi connectivity index (χ0n) is 9.26. The van der Waals surface area contributed by atoms with E-state index in [0.29, 0.717) is 12.1 Å². The summed E-state index contributed by atoms with van der Waals surface area (Å²) < 4.78 is 0.